The van der Waals surface area contributed by atoms with Crippen molar-refractivity contribution >= 4 is 17.8 Å². The van der Waals surface area contributed by atoms with E-state index in [0.29, 0.717) is 16.6 Å². The third kappa shape index (κ3) is 4.42. The maximum Gasteiger partial charge on any atom is 0.343 e. The fraction of sp³-hybridized carbons (Fsp3) is 0.560. The first-order valence-electron chi connectivity index (χ1n) is 12.2. The number of hydrogen-bond donors (Lipinski definition) is 2. The molecule has 180 valence electrons. The molecule has 0 spiro atoms. The highest BCUT2D eigenvalue weighted by atomic mass is 16.6. The third-order valence-corrected chi connectivity index (χ3v) is 7.99. The minimum atomic E-state index is -1.63. The van der Waals surface area contributed by atoms with E-state index in [1.165, 1.54) is 12.7 Å². The van der Waals surface area contributed by atoms with Gasteiger partial charge in [-0.25, -0.2) is 19.7 Å². The Kier molecular flexibility index (Phi) is 6.31. The number of hydrogen-bond acceptors (Lipinski definition) is 7. The molecule has 4 heterocycles. The number of piperidine rings is 3. The summed E-state index contributed by atoms with van der Waals surface area (Å²) in [6.45, 7) is 2.60. The number of fused-ring (bicyclic) bond motifs is 3. The van der Waals surface area contributed by atoms with Crippen LogP contribution in [-0.4, -0.2) is 68.7 Å². The fourth-order valence-corrected chi connectivity index (χ4v) is 6.13. The van der Waals surface area contributed by atoms with Gasteiger partial charge < -0.3 is 14.3 Å². The molecule has 9 nitrogen and oxygen atoms in total. The summed E-state index contributed by atoms with van der Waals surface area (Å²) in [5.41, 5.74) is -1.03. The Morgan fingerprint density at radius 1 is 1.06 bits per heavy atom. The van der Waals surface area contributed by atoms with Crippen LogP contribution in [0, 0.1) is 11.8 Å². The molecule has 2 N–H and O–H groups in total. The first kappa shape index (κ1) is 22.9. The first-order valence-corrected chi connectivity index (χ1v) is 12.2. The average Bonchev–Trinajstić information content (AvgIpc) is 3.40. The molecule has 34 heavy (non-hydrogen) atoms. The van der Waals surface area contributed by atoms with Gasteiger partial charge in [-0.2, -0.15) is 0 Å². The quantitative estimate of drug-likeness (QED) is 0.474. The number of amides is 1. The van der Waals surface area contributed by atoms with Crippen LogP contribution in [0.4, 0.5) is 5.95 Å². The van der Waals surface area contributed by atoms with E-state index >= 15 is 0 Å². The van der Waals surface area contributed by atoms with Crippen LogP contribution in [0.2, 0.25) is 0 Å². The zero-order valence-corrected chi connectivity index (χ0v) is 19.3. The van der Waals surface area contributed by atoms with Crippen molar-refractivity contribution in [3.05, 3.63) is 48.5 Å². The molecule has 2 atom stereocenters. The minimum absolute atomic E-state index is 0.141. The highest BCUT2D eigenvalue weighted by molar-refractivity contribution is 5.89. The lowest BCUT2D eigenvalue weighted by Gasteiger charge is -2.51. The summed E-state index contributed by atoms with van der Waals surface area (Å²) in [6.07, 6.45) is 7.80. The molecule has 9 heteroatoms. The Hall–Kier alpha value is -2.91. The molecule has 3 aliphatic heterocycles. The number of rotatable bonds is 7. The normalized spacial score (nSPS) is 28.3. The number of ether oxygens (including phenoxy) is 1. The summed E-state index contributed by atoms with van der Waals surface area (Å²) in [6, 6.07) is 9.21. The molecular weight excluding hydrogens is 434 g/mol. The standard InChI is InChI=1S/C25H31N5O4/c31-22(29-24-27-16-26-17-28-24)15-30-12-10-18(11-13-30)21(14-30)34-23(32)25(33,20-8-4-5-9-20)19-6-2-1-3-7-19/h1-3,6-7,16-18,20-21,33H,4-5,8-15H2/p+1/t18?,21-,25+,30?/m1/s1. The summed E-state index contributed by atoms with van der Waals surface area (Å²) in [5.74, 6) is -0.352. The van der Waals surface area contributed by atoms with Gasteiger partial charge in [0.05, 0.1) is 13.1 Å². The van der Waals surface area contributed by atoms with E-state index < -0.39 is 11.6 Å². The van der Waals surface area contributed by atoms with Crippen LogP contribution in [-0.2, 0) is 19.9 Å². The van der Waals surface area contributed by atoms with Crippen molar-refractivity contribution in [2.45, 2.75) is 50.2 Å². The van der Waals surface area contributed by atoms with E-state index in [1.807, 2.05) is 30.3 Å². The second-order valence-electron chi connectivity index (χ2n) is 10.0. The van der Waals surface area contributed by atoms with Crippen LogP contribution in [0.5, 0.6) is 0 Å². The summed E-state index contributed by atoms with van der Waals surface area (Å²) < 4.78 is 6.68. The van der Waals surface area contributed by atoms with Gasteiger partial charge in [-0.3, -0.25) is 10.1 Å². The van der Waals surface area contributed by atoms with Crippen LogP contribution in [0.1, 0.15) is 44.1 Å². The summed E-state index contributed by atoms with van der Waals surface area (Å²) in [4.78, 5) is 38.0. The van der Waals surface area contributed by atoms with Gasteiger partial charge in [0.15, 0.2) is 18.2 Å². The number of aromatic nitrogens is 3. The number of anilines is 1. The number of nitrogens with zero attached hydrogens (tertiary/aromatic N) is 4. The monoisotopic (exact) mass is 466 g/mol. The van der Waals surface area contributed by atoms with Gasteiger partial charge in [-0.05, 0) is 18.4 Å². The van der Waals surface area contributed by atoms with Crippen LogP contribution in [0.15, 0.2) is 43.0 Å². The number of nitrogens with one attached hydrogen (secondary N) is 1. The SMILES string of the molecule is O=C(C[N+]12CCC(CC1)[C@H](OC(=O)[C@](O)(c1ccccc1)C1CCCC1)C2)Nc1ncncn1. The highest BCUT2D eigenvalue weighted by Crippen LogP contribution is 2.43. The summed E-state index contributed by atoms with van der Waals surface area (Å²) >= 11 is 0. The van der Waals surface area contributed by atoms with Gasteiger partial charge in [-0.1, -0.05) is 43.2 Å². The molecule has 6 rings (SSSR count). The number of quaternary nitrogens is 1. The molecule has 1 aliphatic carbocycles. The molecule has 0 unspecified atom stereocenters. The van der Waals surface area contributed by atoms with E-state index in [1.54, 1.807) is 0 Å². The third-order valence-electron chi connectivity index (χ3n) is 7.99. The van der Waals surface area contributed by atoms with Gasteiger partial charge in [-0.15, -0.1) is 0 Å². The van der Waals surface area contributed by atoms with E-state index in [9.17, 15) is 14.7 Å². The zero-order chi connectivity index (χ0) is 23.6. The van der Waals surface area contributed by atoms with Crippen LogP contribution in [0.25, 0.3) is 0 Å². The number of carbonyl (C=O) groups excluding carboxylic acids is 2. The van der Waals surface area contributed by atoms with Crippen molar-refractivity contribution in [2.75, 3.05) is 31.5 Å². The fourth-order valence-electron chi connectivity index (χ4n) is 6.13. The Bertz CT molecular complexity index is 1010. The molecule has 4 fully saturated rings. The molecule has 4 aliphatic rings. The van der Waals surface area contributed by atoms with Crippen molar-refractivity contribution in [3.8, 4) is 0 Å². The molecular formula is C25H32N5O4+. The minimum Gasteiger partial charge on any atom is -0.454 e. The molecule has 3 saturated heterocycles. The molecule has 1 saturated carbocycles. The van der Waals surface area contributed by atoms with Crippen molar-refractivity contribution in [1.29, 1.82) is 0 Å². The van der Waals surface area contributed by atoms with Gasteiger partial charge in [0, 0.05) is 24.7 Å². The summed E-state index contributed by atoms with van der Waals surface area (Å²) in [5, 5.41) is 14.5. The lowest BCUT2D eigenvalue weighted by Crippen LogP contribution is -2.66. The number of benzene rings is 1. The van der Waals surface area contributed by atoms with E-state index in [2.05, 4.69) is 20.3 Å². The van der Waals surface area contributed by atoms with Crippen LogP contribution in [0.3, 0.4) is 0 Å². The topological polar surface area (TPSA) is 114 Å². The van der Waals surface area contributed by atoms with E-state index in [0.717, 1.165) is 51.6 Å². The molecule has 2 bridgehead atoms. The summed E-state index contributed by atoms with van der Waals surface area (Å²) in [7, 11) is 0. The Morgan fingerprint density at radius 3 is 2.41 bits per heavy atom. The van der Waals surface area contributed by atoms with Crippen molar-refractivity contribution in [3.63, 3.8) is 0 Å². The lowest BCUT2D eigenvalue weighted by molar-refractivity contribution is -0.939. The largest absolute Gasteiger partial charge is 0.454 e. The molecule has 1 aromatic carbocycles. The van der Waals surface area contributed by atoms with E-state index in [-0.39, 0.29) is 36.3 Å². The molecule has 1 aromatic heterocycles. The van der Waals surface area contributed by atoms with E-state index in [4.69, 9.17) is 4.74 Å². The van der Waals surface area contributed by atoms with Crippen molar-refractivity contribution in [2.24, 2.45) is 11.8 Å². The molecule has 1 amide bonds. The Morgan fingerprint density at radius 2 is 1.74 bits per heavy atom. The van der Waals surface area contributed by atoms with Gasteiger partial charge in [0.25, 0.3) is 5.91 Å². The second-order valence-corrected chi connectivity index (χ2v) is 10.0. The second kappa shape index (κ2) is 9.38. The van der Waals surface area contributed by atoms with Gasteiger partial charge in [0.2, 0.25) is 5.95 Å². The lowest BCUT2D eigenvalue weighted by atomic mass is 9.79. The van der Waals surface area contributed by atoms with Crippen molar-refractivity contribution in [1.82, 2.24) is 15.0 Å². The smallest absolute Gasteiger partial charge is 0.343 e. The van der Waals surface area contributed by atoms with Crippen LogP contribution < -0.4 is 5.32 Å². The average molecular weight is 467 g/mol. The maximum absolute atomic E-state index is 13.6. The number of aliphatic hydroxyl groups is 1. The van der Waals surface area contributed by atoms with Gasteiger partial charge >= 0.3 is 5.97 Å². The maximum atomic E-state index is 13.6. The first-order chi connectivity index (χ1) is 16.5. The van der Waals surface area contributed by atoms with Crippen LogP contribution >= 0.6 is 0 Å². The predicted octanol–water partition coefficient (Wildman–Crippen LogP) is 2.04. The molecule has 2 aromatic rings. The van der Waals surface area contributed by atoms with Gasteiger partial charge in [0.1, 0.15) is 19.2 Å². The predicted molar refractivity (Wildman–Crippen MR) is 123 cm³/mol. The zero-order valence-electron chi connectivity index (χ0n) is 19.3. The number of carbonyl (C=O) groups is 2. The number of esters is 1. The highest BCUT2D eigenvalue weighted by Gasteiger charge is 2.53. The molecule has 0 radical (unpaired) electrons. The van der Waals surface area contributed by atoms with Crippen molar-refractivity contribution < 1.29 is 23.9 Å². The Labute approximate surface area is 199 Å². The Balaban J connectivity index is 1.30.